The number of rotatable bonds is 0. The molecule has 2 aromatic heterocycles. The van der Waals surface area contributed by atoms with Crippen LogP contribution in [0, 0.1) is 0 Å². The van der Waals surface area contributed by atoms with Gasteiger partial charge >= 0.3 is 0 Å². The van der Waals surface area contributed by atoms with Crippen LogP contribution in [0.4, 0.5) is 0 Å². The minimum atomic E-state index is 1.10. The Morgan fingerprint density at radius 1 is 0.577 bits per heavy atom. The second-order valence-electron chi connectivity index (χ2n) is 5.97. The highest BCUT2D eigenvalue weighted by Crippen LogP contribution is 2.27. The third kappa shape index (κ3) is 2.64. The van der Waals surface area contributed by atoms with E-state index in [1.54, 1.807) is 22.7 Å². The van der Waals surface area contributed by atoms with Gasteiger partial charge in [-0.3, -0.25) is 0 Å². The molecule has 0 spiro atoms. The normalized spacial score (nSPS) is 11.1. The standard InChI is InChI=1S/2C11H7NS/c1-2-4-9-8(3-1)5-6-10-11(9)12-7-13-10;1-2-4-9-8(3-1)5-6-10-11(9)13-7-12-10/h2*1-7H. The molecular weight excluding hydrogens is 356 g/mol. The predicted octanol–water partition coefficient (Wildman–Crippen LogP) is 6.90. The van der Waals surface area contributed by atoms with Gasteiger partial charge in [-0.1, -0.05) is 60.7 Å². The lowest BCUT2D eigenvalue weighted by molar-refractivity contribution is 1.51. The highest BCUT2D eigenvalue weighted by molar-refractivity contribution is 7.17. The monoisotopic (exact) mass is 370 g/mol. The molecule has 2 heterocycles. The van der Waals surface area contributed by atoms with E-state index < -0.39 is 0 Å². The number of hydrogen-bond acceptors (Lipinski definition) is 4. The lowest BCUT2D eigenvalue weighted by atomic mass is 10.1. The number of nitrogens with zero attached hydrogens (tertiary/aromatic N) is 2. The molecule has 0 fully saturated rings. The topological polar surface area (TPSA) is 25.8 Å². The average molecular weight is 371 g/mol. The minimum absolute atomic E-state index is 1.10. The van der Waals surface area contributed by atoms with Crippen LogP contribution in [0.5, 0.6) is 0 Å². The Balaban J connectivity index is 0.000000115. The lowest BCUT2D eigenvalue weighted by Crippen LogP contribution is -1.73. The molecule has 0 bridgehead atoms. The third-order valence-corrected chi connectivity index (χ3v) is 6.12. The van der Waals surface area contributed by atoms with E-state index in [2.05, 4.69) is 82.8 Å². The van der Waals surface area contributed by atoms with Gasteiger partial charge < -0.3 is 0 Å². The fourth-order valence-electron chi connectivity index (χ4n) is 3.19. The zero-order valence-electron chi connectivity index (χ0n) is 13.8. The fourth-order valence-corrected chi connectivity index (χ4v) is 4.71. The number of hydrogen-bond donors (Lipinski definition) is 0. The van der Waals surface area contributed by atoms with Crippen molar-refractivity contribution < 1.29 is 0 Å². The SMILES string of the molecule is c1ccc2c(c1)ccc1ncsc12.c1ccc2c(c1)ccc1scnc12. The number of aromatic nitrogens is 2. The van der Waals surface area contributed by atoms with Crippen LogP contribution in [0.15, 0.2) is 83.8 Å². The molecule has 0 atom stereocenters. The predicted molar refractivity (Wildman–Crippen MR) is 114 cm³/mol. The summed E-state index contributed by atoms with van der Waals surface area (Å²) in [6.45, 7) is 0. The van der Waals surface area contributed by atoms with Crippen molar-refractivity contribution >= 4 is 64.7 Å². The molecular formula is C22H14N2S2. The zero-order chi connectivity index (χ0) is 17.3. The Morgan fingerprint density at radius 3 is 2.15 bits per heavy atom. The summed E-state index contributed by atoms with van der Waals surface area (Å²) in [4.78, 5) is 8.65. The van der Waals surface area contributed by atoms with E-state index in [0.29, 0.717) is 0 Å². The Bertz CT molecular complexity index is 1240. The first-order valence-electron chi connectivity index (χ1n) is 8.32. The number of fused-ring (bicyclic) bond motifs is 6. The second-order valence-corrected chi connectivity index (χ2v) is 7.71. The molecule has 0 aliphatic carbocycles. The Kier molecular flexibility index (Phi) is 3.85. The third-order valence-electron chi connectivity index (χ3n) is 4.45. The van der Waals surface area contributed by atoms with Gasteiger partial charge in [-0.2, -0.15) is 0 Å². The van der Waals surface area contributed by atoms with Gasteiger partial charge in [0.2, 0.25) is 0 Å². The zero-order valence-corrected chi connectivity index (χ0v) is 15.4. The summed E-state index contributed by atoms with van der Waals surface area (Å²) < 4.78 is 2.55. The highest BCUT2D eigenvalue weighted by atomic mass is 32.1. The summed E-state index contributed by atoms with van der Waals surface area (Å²) in [6, 6.07) is 25.3. The van der Waals surface area contributed by atoms with E-state index in [1.807, 2.05) is 11.0 Å². The van der Waals surface area contributed by atoms with Crippen molar-refractivity contribution in [2.45, 2.75) is 0 Å². The molecule has 4 aromatic carbocycles. The maximum absolute atomic E-state index is 4.37. The van der Waals surface area contributed by atoms with Crippen LogP contribution in [-0.4, -0.2) is 9.97 Å². The van der Waals surface area contributed by atoms with E-state index >= 15 is 0 Å². The van der Waals surface area contributed by atoms with Crippen LogP contribution in [0.2, 0.25) is 0 Å². The molecule has 0 saturated heterocycles. The smallest absolute Gasteiger partial charge is 0.0890 e. The quantitative estimate of drug-likeness (QED) is 0.291. The van der Waals surface area contributed by atoms with Crippen LogP contribution in [0.3, 0.4) is 0 Å². The first-order valence-corrected chi connectivity index (χ1v) is 10.1. The molecule has 6 aromatic rings. The molecule has 0 aliphatic heterocycles. The first kappa shape index (κ1) is 15.4. The van der Waals surface area contributed by atoms with E-state index in [4.69, 9.17) is 0 Å². The lowest BCUT2D eigenvalue weighted by Gasteiger charge is -1.96. The Labute approximate surface area is 158 Å². The maximum atomic E-state index is 4.37. The molecule has 0 amide bonds. The van der Waals surface area contributed by atoms with Crippen LogP contribution < -0.4 is 0 Å². The summed E-state index contributed by atoms with van der Waals surface area (Å²) in [7, 11) is 0. The van der Waals surface area contributed by atoms with E-state index in [0.717, 1.165) is 11.0 Å². The Hall–Kier alpha value is -2.82. The van der Waals surface area contributed by atoms with Crippen LogP contribution in [0.25, 0.3) is 42.0 Å². The van der Waals surface area contributed by atoms with Gasteiger partial charge in [-0.25, -0.2) is 9.97 Å². The summed E-state index contributed by atoms with van der Waals surface area (Å²) in [5, 5.41) is 5.11. The van der Waals surface area contributed by atoms with Crippen molar-refractivity contribution in [1.82, 2.24) is 9.97 Å². The van der Waals surface area contributed by atoms with Gasteiger partial charge in [0.25, 0.3) is 0 Å². The van der Waals surface area contributed by atoms with Gasteiger partial charge in [0.1, 0.15) is 0 Å². The van der Waals surface area contributed by atoms with Crippen molar-refractivity contribution in [2.24, 2.45) is 0 Å². The molecule has 26 heavy (non-hydrogen) atoms. The molecule has 6 rings (SSSR count). The van der Waals surface area contributed by atoms with Crippen molar-refractivity contribution in [3.8, 4) is 0 Å². The molecule has 124 valence electrons. The Morgan fingerprint density at radius 2 is 1.27 bits per heavy atom. The maximum Gasteiger partial charge on any atom is 0.0890 e. The van der Waals surface area contributed by atoms with Gasteiger partial charge in [0, 0.05) is 10.8 Å². The molecule has 0 saturated carbocycles. The van der Waals surface area contributed by atoms with E-state index in [9.17, 15) is 0 Å². The summed E-state index contributed by atoms with van der Waals surface area (Å²) in [6.07, 6.45) is 0. The first-order chi connectivity index (χ1) is 12.9. The summed E-state index contributed by atoms with van der Waals surface area (Å²) >= 11 is 3.40. The largest absolute Gasteiger partial charge is 0.245 e. The van der Waals surface area contributed by atoms with Crippen molar-refractivity contribution in [3.05, 3.63) is 83.8 Å². The number of benzene rings is 4. The number of thiazole rings is 2. The minimum Gasteiger partial charge on any atom is -0.245 e. The van der Waals surface area contributed by atoms with Crippen LogP contribution in [0.1, 0.15) is 0 Å². The van der Waals surface area contributed by atoms with Crippen LogP contribution >= 0.6 is 22.7 Å². The second kappa shape index (κ2) is 6.48. The molecule has 0 radical (unpaired) electrons. The van der Waals surface area contributed by atoms with Gasteiger partial charge in [0.15, 0.2) is 0 Å². The fraction of sp³-hybridized carbons (Fsp3) is 0. The van der Waals surface area contributed by atoms with E-state index in [1.165, 1.54) is 30.9 Å². The van der Waals surface area contributed by atoms with Crippen molar-refractivity contribution in [2.75, 3.05) is 0 Å². The van der Waals surface area contributed by atoms with Gasteiger partial charge in [-0.05, 0) is 22.9 Å². The van der Waals surface area contributed by atoms with Gasteiger partial charge in [-0.15, -0.1) is 22.7 Å². The highest BCUT2D eigenvalue weighted by Gasteiger charge is 2.01. The summed E-state index contributed by atoms with van der Waals surface area (Å²) in [5.41, 5.74) is 6.03. The molecule has 2 nitrogen and oxygen atoms in total. The average Bonchev–Trinajstić information content (AvgIpc) is 3.38. The van der Waals surface area contributed by atoms with Gasteiger partial charge in [0.05, 0.1) is 31.5 Å². The molecule has 0 unspecified atom stereocenters. The van der Waals surface area contributed by atoms with Crippen molar-refractivity contribution in [1.29, 1.82) is 0 Å². The van der Waals surface area contributed by atoms with Crippen LogP contribution in [-0.2, 0) is 0 Å². The molecule has 0 N–H and O–H groups in total. The molecule has 4 heteroatoms. The van der Waals surface area contributed by atoms with Crippen molar-refractivity contribution in [3.63, 3.8) is 0 Å². The molecule has 0 aliphatic rings. The summed E-state index contributed by atoms with van der Waals surface area (Å²) in [5.74, 6) is 0. The van der Waals surface area contributed by atoms with E-state index in [-0.39, 0.29) is 0 Å².